The first-order chi connectivity index (χ1) is 19.9. The van der Waals surface area contributed by atoms with Crippen molar-refractivity contribution in [3.63, 3.8) is 0 Å². The number of carbonyl (C=O) groups is 2. The van der Waals surface area contributed by atoms with Crippen molar-refractivity contribution in [1.29, 1.82) is 0 Å². The van der Waals surface area contributed by atoms with Gasteiger partial charge in [0, 0.05) is 67.0 Å². The van der Waals surface area contributed by atoms with Crippen molar-refractivity contribution >= 4 is 35.7 Å². The molecular formula is C29H36ClN9O2. The average molecular weight is 578 g/mol. The minimum Gasteiger partial charge on any atom is -0.364 e. The maximum absolute atomic E-state index is 13.0. The highest BCUT2D eigenvalue weighted by Crippen LogP contribution is 2.34. The fourth-order valence-corrected chi connectivity index (χ4v) is 6.16. The molecule has 6 rings (SSSR count). The van der Waals surface area contributed by atoms with E-state index in [9.17, 15) is 9.59 Å². The zero-order valence-corrected chi connectivity index (χ0v) is 24.2. The summed E-state index contributed by atoms with van der Waals surface area (Å²) in [5, 5.41) is 11.5. The molecule has 3 aliphatic rings. The van der Waals surface area contributed by atoms with Gasteiger partial charge in [-0.05, 0) is 58.4 Å². The Morgan fingerprint density at radius 3 is 2.51 bits per heavy atom. The number of piperidine rings is 2. The van der Waals surface area contributed by atoms with Crippen LogP contribution >= 0.6 is 11.6 Å². The van der Waals surface area contributed by atoms with E-state index in [1.807, 2.05) is 35.9 Å². The number of anilines is 1. The first-order valence-electron chi connectivity index (χ1n) is 14.4. The number of aromatic nitrogens is 5. The van der Waals surface area contributed by atoms with Crippen LogP contribution in [0.25, 0.3) is 17.3 Å². The molecule has 0 saturated carbocycles. The van der Waals surface area contributed by atoms with Crippen molar-refractivity contribution in [1.82, 2.24) is 39.8 Å². The fraction of sp³-hybridized carbons (Fsp3) is 0.483. The van der Waals surface area contributed by atoms with Gasteiger partial charge >= 0.3 is 12.1 Å². The Morgan fingerprint density at radius 2 is 1.78 bits per heavy atom. The lowest BCUT2D eigenvalue weighted by Gasteiger charge is -2.36. The van der Waals surface area contributed by atoms with Gasteiger partial charge < -0.3 is 25.4 Å². The van der Waals surface area contributed by atoms with Crippen LogP contribution in [0.5, 0.6) is 0 Å². The van der Waals surface area contributed by atoms with Crippen molar-refractivity contribution in [2.75, 3.05) is 31.5 Å². The van der Waals surface area contributed by atoms with E-state index < -0.39 is 0 Å². The van der Waals surface area contributed by atoms with Gasteiger partial charge in [-0.25, -0.2) is 19.6 Å². The van der Waals surface area contributed by atoms with Gasteiger partial charge in [0.25, 0.3) is 0 Å². The van der Waals surface area contributed by atoms with Crippen LogP contribution in [0, 0.1) is 13.8 Å². The number of likely N-dealkylation sites (tertiary alicyclic amines) is 2. The van der Waals surface area contributed by atoms with Gasteiger partial charge in [-0.2, -0.15) is 9.78 Å². The van der Waals surface area contributed by atoms with Crippen molar-refractivity contribution < 1.29 is 9.59 Å². The SMILES string of the molecule is Cc1cc(C)n(C(=O)N2CCC(NC(=O)N3CCC(Nc4ncc(Cl)c(-c5c[nH]c6c5C=CCC6)n4)CC3)CC2)n1. The van der Waals surface area contributed by atoms with E-state index in [2.05, 4.69) is 37.9 Å². The first-order valence-corrected chi connectivity index (χ1v) is 14.8. The molecule has 0 aromatic carbocycles. The Labute approximate surface area is 244 Å². The highest BCUT2D eigenvalue weighted by Gasteiger charge is 2.29. The molecule has 11 nitrogen and oxygen atoms in total. The molecule has 41 heavy (non-hydrogen) atoms. The topological polar surface area (TPSA) is 124 Å². The minimum atomic E-state index is -0.101. The molecule has 3 aromatic rings. The number of nitrogens with zero attached hydrogens (tertiary/aromatic N) is 6. The molecule has 3 amide bonds. The van der Waals surface area contributed by atoms with E-state index in [-0.39, 0.29) is 24.1 Å². The number of aryl methyl sites for hydroxylation is 3. The zero-order chi connectivity index (χ0) is 28.5. The lowest BCUT2D eigenvalue weighted by molar-refractivity contribution is 0.161. The molecule has 12 heteroatoms. The Hall–Kier alpha value is -3.86. The lowest BCUT2D eigenvalue weighted by Crippen LogP contribution is -2.53. The second-order valence-corrected chi connectivity index (χ2v) is 11.6. The van der Waals surface area contributed by atoms with Crippen LogP contribution in [-0.4, -0.2) is 84.9 Å². The predicted octanol–water partition coefficient (Wildman–Crippen LogP) is 4.62. The highest BCUT2D eigenvalue weighted by atomic mass is 35.5. The highest BCUT2D eigenvalue weighted by molar-refractivity contribution is 6.33. The van der Waals surface area contributed by atoms with E-state index in [1.165, 1.54) is 10.4 Å². The number of hydrogen-bond acceptors (Lipinski definition) is 6. The van der Waals surface area contributed by atoms with Gasteiger partial charge in [-0.15, -0.1) is 0 Å². The monoisotopic (exact) mass is 577 g/mol. The van der Waals surface area contributed by atoms with Crippen molar-refractivity contribution in [3.05, 3.63) is 52.2 Å². The number of fused-ring (bicyclic) bond motifs is 1. The third kappa shape index (κ3) is 5.81. The van der Waals surface area contributed by atoms with Gasteiger partial charge in [-0.3, -0.25) is 0 Å². The summed E-state index contributed by atoms with van der Waals surface area (Å²) in [4.78, 5) is 42.0. The largest absolute Gasteiger partial charge is 0.364 e. The van der Waals surface area contributed by atoms with Gasteiger partial charge in [0.15, 0.2) is 0 Å². The average Bonchev–Trinajstić information content (AvgIpc) is 3.56. The maximum atomic E-state index is 13.0. The third-order valence-corrected chi connectivity index (χ3v) is 8.53. The number of rotatable bonds is 4. The smallest absolute Gasteiger partial charge is 0.344 e. The molecule has 216 valence electrons. The Balaban J connectivity index is 0.982. The molecule has 0 spiro atoms. The Morgan fingerprint density at radius 1 is 1.05 bits per heavy atom. The van der Waals surface area contributed by atoms with E-state index in [0.717, 1.165) is 61.0 Å². The molecule has 0 atom stereocenters. The van der Waals surface area contributed by atoms with Crippen LogP contribution in [0.3, 0.4) is 0 Å². The minimum absolute atomic E-state index is 0.0397. The second kappa shape index (κ2) is 11.6. The van der Waals surface area contributed by atoms with E-state index in [1.54, 1.807) is 6.20 Å². The number of nitrogens with one attached hydrogen (secondary N) is 3. The molecule has 2 saturated heterocycles. The van der Waals surface area contributed by atoms with Crippen molar-refractivity contribution in [2.45, 2.75) is 64.5 Å². The Bertz CT molecular complexity index is 1460. The quantitative estimate of drug-likeness (QED) is 0.416. The van der Waals surface area contributed by atoms with Crippen LogP contribution in [0.1, 0.15) is 54.7 Å². The van der Waals surface area contributed by atoms with Crippen LogP contribution < -0.4 is 10.6 Å². The molecule has 1 aliphatic carbocycles. The molecule has 2 aliphatic heterocycles. The summed E-state index contributed by atoms with van der Waals surface area (Å²) in [6.45, 7) is 6.26. The van der Waals surface area contributed by atoms with Gasteiger partial charge in [0.05, 0.1) is 22.6 Å². The zero-order valence-electron chi connectivity index (χ0n) is 23.5. The van der Waals surface area contributed by atoms with E-state index in [0.29, 0.717) is 42.8 Å². The molecule has 2 fully saturated rings. The van der Waals surface area contributed by atoms with Gasteiger partial charge in [0.1, 0.15) is 0 Å². The van der Waals surface area contributed by atoms with Crippen molar-refractivity contribution in [3.8, 4) is 11.3 Å². The summed E-state index contributed by atoms with van der Waals surface area (Å²) in [6, 6.07) is 1.98. The molecule has 5 heterocycles. The number of halogens is 1. The summed E-state index contributed by atoms with van der Waals surface area (Å²) in [7, 11) is 0. The number of allylic oxidation sites excluding steroid dienone is 1. The third-order valence-electron chi connectivity index (χ3n) is 8.25. The molecule has 0 radical (unpaired) electrons. The summed E-state index contributed by atoms with van der Waals surface area (Å²) in [5.41, 5.74) is 5.71. The van der Waals surface area contributed by atoms with Crippen molar-refractivity contribution in [2.24, 2.45) is 0 Å². The number of amides is 3. The van der Waals surface area contributed by atoms with E-state index in [4.69, 9.17) is 16.6 Å². The molecule has 3 aromatic heterocycles. The number of hydrogen-bond donors (Lipinski definition) is 3. The van der Waals surface area contributed by atoms with Crippen LogP contribution in [0.4, 0.5) is 15.5 Å². The molecule has 3 N–H and O–H groups in total. The number of carbonyl (C=O) groups excluding carboxylic acids is 2. The molecule has 0 unspecified atom stereocenters. The Kier molecular flexibility index (Phi) is 7.70. The number of H-pyrrole nitrogens is 1. The number of aromatic amines is 1. The summed E-state index contributed by atoms with van der Waals surface area (Å²) in [5.74, 6) is 0.545. The summed E-state index contributed by atoms with van der Waals surface area (Å²) < 4.78 is 1.47. The van der Waals surface area contributed by atoms with E-state index >= 15 is 0 Å². The van der Waals surface area contributed by atoms with Crippen LogP contribution in [0.15, 0.2) is 24.5 Å². The van der Waals surface area contributed by atoms with Gasteiger partial charge in [0.2, 0.25) is 5.95 Å². The van der Waals surface area contributed by atoms with Crippen LogP contribution in [-0.2, 0) is 6.42 Å². The maximum Gasteiger partial charge on any atom is 0.344 e. The fourth-order valence-electron chi connectivity index (χ4n) is 5.97. The summed E-state index contributed by atoms with van der Waals surface area (Å²) >= 11 is 6.50. The standard InChI is InChI=1S/C29H36ClN9O2/c1-18-15-19(2)39(36-18)29(41)38-13-9-21(10-14-38)34-28(40)37-11-7-20(8-12-37)33-27-32-17-24(30)26(35-27)23-16-31-25-6-4-3-5-22(23)25/h3,5,15-17,20-21,31H,4,6-14H2,1-2H3,(H,34,40)(H,32,33,35). The normalized spacial score (nSPS) is 17.9. The van der Waals surface area contributed by atoms with Gasteiger partial charge in [-0.1, -0.05) is 23.8 Å². The van der Waals surface area contributed by atoms with Crippen LogP contribution in [0.2, 0.25) is 5.02 Å². The summed E-state index contributed by atoms with van der Waals surface area (Å²) in [6.07, 6.45) is 13.0. The first kappa shape index (κ1) is 27.3. The second-order valence-electron chi connectivity index (χ2n) is 11.2. The molecule has 0 bridgehead atoms. The lowest BCUT2D eigenvalue weighted by atomic mass is 10.0. The number of urea groups is 1. The predicted molar refractivity (Wildman–Crippen MR) is 158 cm³/mol. The molecular weight excluding hydrogens is 542 g/mol.